The smallest absolute Gasteiger partial charge is 0.264 e. The van der Waals surface area contributed by atoms with Gasteiger partial charge in [0, 0.05) is 35.4 Å². The second-order valence-electron chi connectivity index (χ2n) is 7.61. The van der Waals surface area contributed by atoms with Crippen molar-refractivity contribution in [3.63, 3.8) is 0 Å². The van der Waals surface area contributed by atoms with E-state index in [2.05, 4.69) is 5.32 Å². The van der Waals surface area contributed by atoms with Crippen LogP contribution in [0.3, 0.4) is 0 Å². The molecule has 6 nitrogen and oxygen atoms in total. The van der Waals surface area contributed by atoms with Gasteiger partial charge in [0.1, 0.15) is 12.4 Å². The number of sulfonamides is 1. The van der Waals surface area contributed by atoms with Crippen molar-refractivity contribution in [2.75, 3.05) is 50.0 Å². The predicted octanol–water partition coefficient (Wildman–Crippen LogP) is 5.24. The van der Waals surface area contributed by atoms with E-state index in [1.54, 1.807) is 30.3 Å². The molecular weight excluding hydrogens is 481 g/mol. The Kier molecular flexibility index (Phi) is 8.86. The fraction of sp³-hybridized carbons (Fsp3) is 0.250. The van der Waals surface area contributed by atoms with Crippen molar-refractivity contribution in [2.45, 2.75) is 4.90 Å². The van der Waals surface area contributed by atoms with Gasteiger partial charge in [0.15, 0.2) is 0 Å². The largest absolute Gasteiger partial charge is 0.492 e. The van der Waals surface area contributed by atoms with Crippen LogP contribution in [0, 0.1) is 0 Å². The molecule has 0 heterocycles. The van der Waals surface area contributed by atoms with Crippen LogP contribution in [0.1, 0.15) is 0 Å². The third kappa shape index (κ3) is 7.27. The molecule has 3 rings (SSSR count). The number of likely N-dealkylation sites (N-methyl/N-ethyl adjacent to an activating group) is 1. The number of anilines is 2. The van der Waals surface area contributed by atoms with Crippen LogP contribution in [-0.4, -0.2) is 53.7 Å². The van der Waals surface area contributed by atoms with Crippen molar-refractivity contribution in [2.24, 2.45) is 0 Å². The lowest BCUT2D eigenvalue weighted by atomic mass is 10.2. The van der Waals surface area contributed by atoms with E-state index in [4.69, 9.17) is 27.9 Å². The van der Waals surface area contributed by atoms with Crippen molar-refractivity contribution < 1.29 is 13.2 Å². The third-order valence-electron chi connectivity index (χ3n) is 4.80. The molecule has 0 amide bonds. The monoisotopic (exact) mass is 507 g/mol. The van der Waals surface area contributed by atoms with E-state index < -0.39 is 10.0 Å². The van der Waals surface area contributed by atoms with E-state index in [1.807, 2.05) is 49.3 Å². The molecule has 3 aromatic carbocycles. The summed E-state index contributed by atoms with van der Waals surface area (Å²) in [5.41, 5.74) is 1.38. The lowest BCUT2D eigenvalue weighted by Crippen LogP contribution is -2.36. The Balaban J connectivity index is 1.73. The number of rotatable bonds is 11. The molecule has 0 atom stereocenters. The zero-order valence-corrected chi connectivity index (χ0v) is 20.9. The maximum Gasteiger partial charge on any atom is 0.264 e. The molecule has 0 aromatic heterocycles. The molecular formula is C24H27Cl2N3O3S. The quantitative estimate of drug-likeness (QED) is 0.359. The summed E-state index contributed by atoms with van der Waals surface area (Å²) in [6.45, 7) is 1.87. The zero-order chi connectivity index (χ0) is 23.8. The summed E-state index contributed by atoms with van der Waals surface area (Å²) in [7, 11) is 0.0537. The minimum Gasteiger partial charge on any atom is -0.492 e. The van der Waals surface area contributed by atoms with E-state index in [1.165, 1.54) is 16.4 Å². The summed E-state index contributed by atoms with van der Waals surface area (Å²) < 4.78 is 34.0. The molecule has 0 aliphatic rings. The Morgan fingerprint density at radius 3 is 2.15 bits per heavy atom. The first-order valence-corrected chi connectivity index (χ1v) is 12.6. The highest BCUT2D eigenvalue weighted by Crippen LogP contribution is 2.27. The van der Waals surface area contributed by atoms with Gasteiger partial charge in [-0.2, -0.15) is 0 Å². The number of hydrogen-bond acceptors (Lipinski definition) is 5. The zero-order valence-electron chi connectivity index (χ0n) is 18.5. The van der Waals surface area contributed by atoms with Gasteiger partial charge in [-0.25, -0.2) is 8.42 Å². The van der Waals surface area contributed by atoms with Gasteiger partial charge in [0.05, 0.1) is 10.6 Å². The SMILES string of the molecule is CN(C)CCN(c1cccc(NCCOc2ccc(Cl)cc2)c1)S(=O)(=O)c1ccc(Cl)cc1. The van der Waals surface area contributed by atoms with Gasteiger partial charge in [-0.3, -0.25) is 4.31 Å². The molecule has 0 unspecified atom stereocenters. The first kappa shape index (κ1) is 25.2. The number of nitrogens with one attached hydrogen (secondary N) is 1. The van der Waals surface area contributed by atoms with E-state index in [9.17, 15) is 8.42 Å². The minimum atomic E-state index is -3.76. The van der Waals surface area contributed by atoms with Crippen LogP contribution in [-0.2, 0) is 10.0 Å². The van der Waals surface area contributed by atoms with Crippen molar-refractivity contribution in [1.82, 2.24) is 4.90 Å². The molecule has 0 bridgehead atoms. The Morgan fingerprint density at radius 1 is 0.879 bits per heavy atom. The number of nitrogens with zero attached hydrogens (tertiary/aromatic N) is 2. The van der Waals surface area contributed by atoms with Gasteiger partial charge in [-0.15, -0.1) is 0 Å². The fourth-order valence-corrected chi connectivity index (χ4v) is 4.78. The fourth-order valence-electron chi connectivity index (χ4n) is 3.08. The standard InChI is InChI=1S/C24H27Cl2N3O3S/c1-28(2)15-16-29(33(30,31)24-12-8-20(26)9-13-24)22-5-3-4-21(18-22)27-14-17-32-23-10-6-19(25)7-11-23/h3-13,18,27H,14-17H2,1-2H3. The van der Waals surface area contributed by atoms with Crippen molar-refractivity contribution in [3.05, 3.63) is 82.8 Å². The highest BCUT2D eigenvalue weighted by molar-refractivity contribution is 7.92. The van der Waals surface area contributed by atoms with Crippen molar-refractivity contribution >= 4 is 44.6 Å². The second-order valence-corrected chi connectivity index (χ2v) is 10.3. The molecule has 3 aromatic rings. The Hall–Kier alpha value is -2.45. The van der Waals surface area contributed by atoms with Crippen LogP contribution in [0.4, 0.5) is 11.4 Å². The van der Waals surface area contributed by atoms with E-state index in [0.717, 1.165) is 11.4 Å². The van der Waals surface area contributed by atoms with Crippen LogP contribution in [0.5, 0.6) is 5.75 Å². The molecule has 1 N–H and O–H groups in total. The van der Waals surface area contributed by atoms with E-state index in [-0.39, 0.29) is 4.90 Å². The van der Waals surface area contributed by atoms with E-state index in [0.29, 0.717) is 42.0 Å². The predicted molar refractivity (Wildman–Crippen MR) is 136 cm³/mol. The molecule has 33 heavy (non-hydrogen) atoms. The summed E-state index contributed by atoms with van der Waals surface area (Å²) in [4.78, 5) is 2.14. The van der Waals surface area contributed by atoms with Crippen molar-refractivity contribution in [1.29, 1.82) is 0 Å². The maximum absolute atomic E-state index is 13.4. The molecule has 0 spiro atoms. The summed E-state index contributed by atoms with van der Waals surface area (Å²) >= 11 is 11.8. The Morgan fingerprint density at radius 2 is 1.52 bits per heavy atom. The molecule has 0 aliphatic carbocycles. The molecule has 0 saturated heterocycles. The topological polar surface area (TPSA) is 61.9 Å². The lowest BCUT2D eigenvalue weighted by Gasteiger charge is -2.26. The van der Waals surface area contributed by atoms with Gasteiger partial charge in [0.25, 0.3) is 10.0 Å². The highest BCUT2D eigenvalue weighted by atomic mass is 35.5. The normalized spacial score (nSPS) is 11.4. The van der Waals surface area contributed by atoms with Crippen LogP contribution in [0.15, 0.2) is 77.7 Å². The first-order valence-electron chi connectivity index (χ1n) is 10.4. The summed E-state index contributed by atoms with van der Waals surface area (Å²) in [5, 5.41) is 4.43. The van der Waals surface area contributed by atoms with Gasteiger partial charge < -0.3 is 15.0 Å². The molecule has 0 fully saturated rings. The summed E-state index contributed by atoms with van der Waals surface area (Å²) in [6.07, 6.45) is 0. The maximum atomic E-state index is 13.4. The number of ether oxygens (including phenoxy) is 1. The number of hydrogen-bond donors (Lipinski definition) is 1. The van der Waals surface area contributed by atoms with Crippen LogP contribution < -0.4 is 14.4 Å². The molecule has 0 radical (unpaired) electrons. The number of halogens is 2. The van der Waals surface area contributed by atoms with Crippen LogP contribution >= 0.6 is 23.2 Å². The summed E-state index contributed by atoms with van der Waals surface area (Å²) in [6, 6.07) is 20.7. The Bertz CT molecular complexity index is 1140. The highest BCUT2D eigenvalue weighted by Gasteiger charge is 2.25. The Labute approximate surface area is 205 Å². The second kappa shape index (κ2) is 11.6. The van der Waals surface area contributed by atoms with Gasteiger partial charge >= 0.3 is 0 Å². The third-order valence-corrected chi connectivity index (χ3v) is 7.15. The molecule has 0 aliphatic heterocycles. The van der Waals surface area contributed by atoms with Gasteiger partial charge in [-0.05, 0) is 80.8 Å². The summed E-state index contributed by atoms with van der Waals surface area (Å²) in [5.74, 6) is 0.735. The minimum absolute atomic E-state index is 0.195. The van der Waals surface area contributed by atoms with Crippen molar-refractivity contribution in [3.8, 4) is 5.75 Å². The average molecular weight is 508 g/mol. The van der Waals surface area contributed by atoms with Crippen LogP contribution in [0.25, 0.3) is 0 Å². The van der Waals surface area contributed by atoms with Gasteiger partial charge in [-0.1, -0.05) is 29.3 Å². The van der Waals surface area contributed by atoms with Gasteiger partial charge in [0.2, 0.25) is 0 Å². The number of benzene rings is 3. The van der Waals surface area contributed by atoms with E-state index >= 15 is 0 Å². The van der Waals surface area contributed by atoms with Crippen LogP contribution in [0.2, 0.25) is 10.0 Å². The first-order chi connectivity index (χ1) is 15.8. The average Bonchev–Trinajstić information content (AvgIpc) is 2.78. The molecule has 9 heteroatoms. The lowest BCUT2D eigenvalue weighted by molar-refractivity contribution is 0.333. The molecule has 0 saturated carbocycles. The molecule has 176 valence electrons.